The summed E-state index contributed by atoms with van der Waals surface area (Å²) in [6.07, 6.45) is 2.32. The van der Waals surface area contributed by atoms with Crippen LogP contribution in [0.15, 0.2) is 24.3 Å². The molecule has 100 valence electrons. The van der Waals surface area contributed by atoms with Crippen molar-refractivity contribution in [2.75, 3.05) is 39.7 Å². The minimum atomic E-state index is 0.488. The molecule has 3 nitrogen and oxygen atoms in total. The average Bonchev–Trinajstić information content (AvgIpc) is 2.40. The topological polar surface area (TPSA) is 24.5 Å². The van der Waals surface area contributed by atoms with Gasteiger partial charge in [-0.2, -0.15) is 0 Å². The van der Waals surface area contributed by atoms with Crippen molar-refractivity contribution in [3.63, 3.8) is 0 Å². The molecule has 18 heavy (non-hydrogen) atoms. The summed E-state index contributed by atoms with van der Waals surface area (Å²) >= 11 is 0. The zero-order chi connectivity index (χ0) is 13.0. The lowest BCUT2D eigenvalue weighted by Gasteiger charge is -2.35. The van der Waals surface area contributed by atoms with Crippen molar-refractivity contribution in [1.82, 2.24) is 4.90 Å². The number of hydrogen-bond donors (Lipinski definition) is 1. The first-order chi connectivity index (χ1) is 8.72. The van der Waals surface area contributed by atoms with Crippen LogP contribution in [0.2, 0.25) is 0 Å². The van der Waals surface area contributed by atoms with E-state index in [1.165, 1.54) is 11.3 Å². The van der Waals surface area contributed by atoms with Crippen LogP contribution >= 0.6 is 0 Å². The molecular weight excluding hydrogens is 224 g/mol. The van der Waals surface area contributed by atoms with E-state index in [0.717, 1.165) is 26.1 Å². The third-order valence-electron chi connectivity index (χ3n) is 3.79. The maximum atomic E-state index is 5.48. The smallest absolute Gasteiger partial charge is 0.0469 e. The fourth-order valence-corrected chi connectivity index (χ4v) is 2.90. The summed E-state index contributed by atoms with van der Waals surface area (Å²) in [4.78, 5) is 2.34. The predicted octanol–water partition coefficient (Wildman–Crippen LogP) is 2.76. The van der Waals surface area contributed by atoms with E-state index in [9.17, 15) is 0 Å². The molecule has 1 heterocycles. The van der Waals surface area contributed by atoms with E-state index < -0.39 is 0 Å². The van der Waals surface area contributed by atoms with Gasteiger partial charge in [0, 0.05) is 32.0 Å². The van der Waals surface area contributed by atoms with Crippen molar-refractivity contribution < 1.29 is 4.74 Å². The van der Waals surface area contributed by atoms with Gasteiger partial charge in [0.1, 0.15) is 0 Å². The first kappa shape index (κ1) is 13.4. The third kappa shape index (κ3) is 3.03. The lowest BCUT2D eigenvalue weighted by molar-refractivity contribution is 0.0364. The molecule has 1 aliphatic heterocycles. The minimum Gasteiger partial charge on any atom is -0.388 e. The number of anilines is 1. The van der Waals surface area contributed by atoms with Gasteiger partial charge in [0.15, 0.2) is 0 Å². The highest BCUT2D eigenvalue weighted by Gasteiger charge is 2.27. The van der Waals surface area contributed by atoms with Crippen molar-refractivity contribution in [3.8, 4) is 0 Å². The second kappa shape index (κ2) is 6.21. The van der Waals surface area contributed by atoms with Crippen LogP contribution in [0.4, 0.5) is 5.69 Å². The number of hydrogen-bond acceptors (Lipinski definition) is 3. The van der Waals surface area contributed by atoms with Crippen molar-refractivity contribution in [2.45, 2.75) is 18.9 Å². The predicted molar refractivity (Wildman–Crippen MR) is 76.0 cm³/mol. The molecule has 0 spiro atoms. The van der Waals surface area contributed by atoms with E-state index in [1.807, 2.05) is 7.05 Å². The van der Waals surface area contributed by atoms with Gasteiger partial charge in [-0.25, -0.2) is 0 Å². The van der Waals surface area contributed by atoms with E-state index in [2.05, 4.69) is 48.6 Å². The number of nitrogens with zero attached hydrogens (tertiary/aromatic N) is 1. The Morgan fingerprint density at radius 1 is 1.28 bits per heavy atom. The molecule has 1 fully saturated rings. The second-order valence-corrected chi connectivity index (χ2v) is 5.23. The number of rotatable bonds is 4. The van der Waals surface area contributed by atoms with Gasteiger partial charge in [-0.05, 0) is 50.6 Å². The molecule has 1 aromatic rings. The van der Waals surface area contributed by atoms with Crippen LogP contribution in [0.3, 0.4) is 0 Å². The monoisotopic (exact) mass is 248 g/mol. The highest BCUT2D eigenvalue weighted by Crippen LogP contribution is 2.34. The van der Waals surface area contributed by atoms with Gasteiger partial charge in [-0.15, -0.1) is 0 Å². The van der Waals surface area contributed by atoms with Crippen LogP contribution in [-0.4, -0.2) is 39.3 Å². The van der Waals surface area contributed by atoms with Crippen LogP contribution in [-0.2, 0) is 4.74 Å². The van der Waals surface area contributed by atoms with E-state index in [-0.39, 0.29) is 0 Å². The summed E-state index contributed by atoms with van der Waals surface area (Å²) in [6, 6.07) is 9.24. The van der Waals surface area contributed by atoms with Crippen LogP contribution in [0.25, 0.3) is 0 Å². The molecule has 0 radical (unpaired) electrons. The highest BCUT2D eigenvalue weighted by atomic mass is 16.5. The Hall–Kier alpha value is -1.06. The van der Waals surface area contributed by atoms with Gasteiger partial charge in [-0.1, -0.05) is 12.1 Å². The summed E-state index contributed by atoms with van der Waals surface area (Å²) in [5.74, 6) is 0.695. The summed E-state index contributed by atoms with van der Waals surface area (Å²) < 4.78 is 5.48. The van der Waals surface area contributed by atoms with Crippen molar-refractivity contribution in [3.05, 3.63) is 29.8 Å². The molecular formula is C15H24N2O. The molecule has 3 heteroatoms. The molecule has 0 bridgehead atoms. The van der Waals surface area contributed by atoms with E-state index >= 15 is 0 Å². The SMILES string of the molecule is CNc1cccc(C(C2CCOCC2)N(C)C)c1. The first-order valence-corrected chi connectivity index (χ1v) is 6.74. The van der Waals surface area contributed by atoms with E-state index in [0.29, 0.717) is 12.0 Å². The zero-order valence-corrected chi connectivity index (χ0v) is 11.6. The molecule has 1 atom stereocenters. The van der Waals surface area contributed by atoms with Crippen LogP contribution in [0.1, 0.15) is 24.4 Å². The standard InChI is InChI=1S/C15H24N2O/c1-16-14-6-4-5-13(11-14)15(17(2)3)12-7-9-18-10-8-12/h4-6,11-12,15-16H,7-10H2,1-3H3. The normalized spacial score (nSPS) is 18.9. The lowest BCUT2D eigenvalue weighted by Crippen LogP contribution is -2.31. The summed E-state index contributed by atoms with van der Waals surface area (Å²) in [7, 11) is 6.32. The molecule has 1 aromatic carbocycles. The molecule has 1 unspecified atom stereocenters. The highest BCUT2D eigenvalue weighted by molar-refractivity contribution is 5.46. The summed E-state index contributed by atoms with van der Waals surface area (Å²) in [6.45, 7) is 1.81. The Morgan fingerprint density at radius 2 is 2.00 bits per heavy atom. The van der Waals surface area contributed by atoms with Gasteiger partial charge < -0.3 is 15.0 Å². The fraction of sp³-hybridized carbons (Fsp3) is 0.600. The Bertz CT molecular complexity index is 373. The average molecular weight is 248 g/mol. The molecule has 0 aromatic heterocycles. The van der Waals surface area contributed by atoms with Crippen LogP contribution < -0.4 is 5.32 Å². The van der Waals surface area contributed by atoms with Gasteiger partial charge in [-0.3, -0.25) is 0 Å². The van der Waals surface area contributed by atoms with Gasteiger partial charge >= 0.3 is 0 Å². The zero-order valence-electron chi connectivity index (χ0n) is 11.6. The summed E-state index contributed by atoms with van der Waals surface area (Å²) in [5.41, 5.74) is 2.59. The molecule has 0 saturated carbocycles. The van der Waals surface area contributed by atoms with Gasteiger partial charge in [0.2, 0.25) is 0 Å². The second-order valence-electron chi connectivity index (χ2n) is 5.23. The largest absolute Gasteiger partial charge is 0.388 e. The number of ether oxygens (including phenoxy) is 1. The summed E-state index contributed by atoms with van der Waals surface area (Å²) in [5, 5.41) is 3.22. The van der Waals surface area contributed by atoms with Crippen molar-refractivity contribution >= 4 is 5.69 Å². The Labute approximate surface area is 110 Å². The first-order valence-electron chi connectivity index (χ1n) is 6.74. The quantitative estimate of drug-likeness (QED) is 0.886. The van der Waals surface area contributed by atoms with Gasteiger partial charge in [0.25, 0.3) is 0 Å². The number of benzene rings is 1. The Kier molecular flexibility index (Phi) is 4.61. The lowest BCUT2D eigenvalue weighted by atomic mass is 9.86. The Balaban J connectivity index is 2.22. The molecule has 1 N–H and O–H groups in total. The van der Waals surface area contributed by atoms with E-state index in [4.69, 9.17) is 4.74 Å². The van der Waals surface area contributed by atoms with Gasteiger partial charge in [0.05, 0.1) is 0 Å². The maximum Gasteiger partial charge on any atom is 0.0469 e. The molecule has 2 rings (SSSR count). The number of nitrogens with one attached hydrogen (secondary N) is 1. The van der Waals surface area contributed by atoms with Crippen LogP contribution in [0, 0.1) is 5.92 Å². The molecule has 0 amide bonds. The third-order valence-corrected chi connectivity index (χ3v) is 3.79. The fourth-order valence-electron chi connectivity index (χ4n) is 2.90. The molecule has 1 aliphatic rings. The van der Waals surface area contributed by atoms with E-state index in [1.54, 1.807) is 0 Å². The van der Waals surface area contributed by atoms with Crippen molar-refractivity contribution in [1.29, 1.82) is 0 Å². The Morgan fingerprint density at radius 3 is 2.61 bits per heavy atom. The minimum absolute atomic E-state index is 0.488. The van der Waals surface area contributed by atoms with Crippen molar-refractivity contribution in [2.24, 2.45) is 5.92 Å². The van der Waals surface area contributed by atoms with Crippen LogP contribution in [0.5, 0.6) is 0 Å². The maximum absolute atomic E-state index is 5.48. The molecule has 1 saturated heterocycles. The molecule has 0 aliphatic carbocycles.